The molecule has 2 atom stereocenters. The van der Waals surface area contributed by atoms with Crippen LogP contribution in [0.1, 0.15) is 42.9 Å². The van der Waals surface area contributed by atoms with E-state index in [0.29, 0.717) is 5.69 Å². The summed E-state index contributed by atoms with van der Waals surface area (Å²) in [4.78, 5) is 37.6. The van der Waals surface area contributed by atoms with Gasteiger partial charge in [-0.2, -0.15) is 0 Å². The maximum Gasteiger partial charge on any atom is 0.410 e. The maximum absolute atomic E-state index is 12.4. The summed E-state index contributed by atoms with van der Waals surface area (Å²) in [6.45, 7) is 7.50. The molecule has 1 aliphatic rings. The summed E-state index contributed by atoms with van der Waals surface area (Å²) in [6.07, 6.45) is 0.768. The number of methoxy groups -OCH3 is 1. The lowest BCUT2D eigenvalue weighted by Gasteiger charge is -2.32. The van der Waals surface area contributed by atoms with E-state index in [2.05, 4.69) is 0 Å². The molecule has 0 bridgehead atoms. The van der Waals surface area contributed by atoms with Crippen molar-refractivity contribution in [2.24, 2.45) is 0 Å². The summed E-state index contributed by atoms with van der Waals surface area (Å²) >= 11 is 0. The molecule has 0 radical (unpaired) electrons. The van der Waals surface area contributed by atoms with Crippen molar-refractivity contribution < 1.29 is 28.9 Å². The van der Waals surface area contributed by atoms with E-state index in [-0.39, 0.29) is 19.0 Å². The SMILES string of the molecule is COc1c(C)n([C@@H]2COC[C@H]2N(C)C(=O)OC(C)(C)C)cc(C(=O)O)c1=O. The fraction of sp³-hybridized carbons (Fsp3) is 0.611. The van der Waals surface area contributed by atoms with Crippen molar-refractivity contribution in [2.75, 3.05) is 27.4 Å². The van der Waals surface area contributed by atoms with Crippen LogP contribution in [0.25, 0.3) is 0 Å². The first-order chi connectivity index (χ1) is 12.5. The zero-order valence-electron chi connectivity index (χ0n) is 16.4. The van der Waals surface area contributed by atoms with Gasteiger partial charge in [-0.05, 0) is 27.7 Å². The van der Waals surface area contributed by atoms with Crippen molar-refractivity contribution in [3.63, 3.8) is 0 Å². The number of likely N-dealkylation sites (N-methyl/N-ethyl adjacent to an activating group) is 1. The van der Waals surface area contributed by atoms with Crippen molar-refractivity contribution in [1.82, 2.24) is 9.47 Å². The number of pyridine rings is 1. The zero-order valence-corrected chi connectivity index (χ0v) is 16.4. The molecule has 9 nitrogen and oxygen atoms in total. The van der Waals surface area contributed by atoms with Crippen molar-refractivity contribution >= 4 is 12.1 Å². The fourth-order valence-corrected chi connectivity index (χ4v) is 3.07. The van der Waals surface area contributed by atoms with Gasteiger partial charge in [0.1, 0.15) is 11.2 Å². The second-order valence-corrected chi connectivity index (χ2v) is 7.47. The molecule has 150 valence electrons. The predicted molar refractivity (Wildman–Crippen MR) is 96.6 cm³/mol. The Hall–Kier alpha value is -2.55. The van der Waals surface area contributed by atoms with Gasteiger partial charge in [0.2, 0.25) is 5.43 Å². The molecule has 0 saturated carbocycles. The molecule has 1 amide bonds. The van der Waals surface area contributed by atoms with Crippen molar-refractivity contribution in [3.05, 3.63) is 27.7 Å². The average Bonchev–Trinajstić information content (AvgIpc) is 3.02. The van der Waals surface area contributed by atoms with Gasteiger partial charge in [0.15, 0.2) is 5.75 Å². The van der Waals surface area contributed by atoms with Crippen molar-refractivity contribution in [3.8, 4) is 5.75 Å². The highest BCUT2D eigenvalue weighted by atomic mass is 16.6. The number of carboxylic acids is 1. The highest BCUT2D eigenvalue weighted by molar-refractivity contribution is 5.87. The Bertz CT molecular complexity index is 794. The van der Waals surface area contributed by atoms with Gasteiger partial charge in [-0.15, -0.1) is 0 Å². The standard InChI is InChI=1S/C18H26N2O7/c1-10-15(25-6)14(21)11(16(22)23)7-20(10)13-9-26-8-12(13)19(5)17(24)27-18(2,3)4/h7,12-13H,8-9H2,1-6H3,(H,22,23)/t12-,13-/m1/s1. The Morgan fingerprint density at radius 1 is 1.33 bits per heavy atom. The summed E-state index contributed by atoms with van der Waals surface area (Å²) in [5, 5.41) is 9.35. The number of carboxylic acid groups (broad SMARTS) is 1. The van der Waals surface area contributed by atoms with Gasteiger partial charge in [0.05, 0.1) is 38.1 Å². The summed E-state index contributed by atoms with van der Waals surface area (Å²) < 4.78 is 17.7. The molecule has 2 rings (SSSR count). The molecule has 1 fully saturated rings. The minimum absolute atomic E-state index is 0.0412. The molecule has 1 aromatic heterocycles. The van der Waals surface area contributed by atoms with E-state index >= 15 is 0 Å². The normalized spacial score (nSPS) is 19.6. The van der Waals surface area contributed by atoms with Crippen LogP contribution in [0.5, 0.6) is 5.75 Å². The van der Waals surface area contributed by atoms with Gasteiger partial charge in [0, 0.05) is 13.2 Å². The quantitative estimate of drug-likeness (QED) is 0.844. The Kier molecular flexibility index (Phi) is 5.84. The minimum Gasteiger partial charge on any atom is -0.491 e. The number of aromatic nitrogens is 1. The highest BCUT2D eigenvalue weighted by Crippen LogP contribution is 2.28. The average molecular weight is 382 g/mol. The second-order valence-electron chi connectivity index (χ2n) is 7.47. The highest BCUT2D eigenvalue weighted by Gasteiger charge is 2.38. The van der Waals surface area contributed by atoms with E-state index in [0.717, 1.165) is 0 Å². The molecular weight excluding hydrogens is 356 g/mol. The number of nitrogens with zero attached hydrogens (tertiary/aromatic N) is 2. The molecule has 1 aromatic rings. The first-order valence-corrected chi connectivity index (χ1v) is 8.54. The molecule has 2 heterocycles. The molecule has 1 N–H and O–H groups in total. The molecule has 1 aliphatic heterocycles. The number of amides is 1. The lowest BCUT2D eigenvalue weighted by molar-refractivity contribution is 0.0186. The Morgan fingerprint density at radius 3 is 2.48 bits per heavy atom. The molecule has 27 heavy (non-hydrogen) atoms. The van der Waals surface area contributed by atoms with Crippen LogP contribution in [0, 0.1) is 6.92 Å². The van der Waals surface area contributed by atoms with E-state index in [4.69, 9.17) is 14.2 Å². The predicted octanol–water partition coefficient (Wildman–Crippen LogP) is 1.67. The largest absolute Gasteiger partial charge is 0.491 e. The topological polar surface area (TPSA) is 107 Å². The van der Waals surface area contributed by atoms with Crippen LogP contribution in [0.2, 0.25) is 0 Å². The number of aromatic carboxylic acids is 1. The monoisotopic (exact) mass is 382 g/mol. The third-order valence-corrected chi connectivity index (χ3v) is 4.43. The van der Waals surface area contributed by atoms with E-state index in [1.54, 1.807) is 39.3 Å². The van der Waals surface area contributed by atoms with Crippen LogP contribution in [0.4, 0.5) is 4.79 Å². The van der Waals surface area contributed by atoms with Crippen molar-refractivity contribution in [1.29, 1.82) is 0 Å². The molecular formula is C18H26N2O7. The van der Waals surface area contributed by atoms with Crippen molar-refractivity contribution in [2.45, 2.75) is 45.4 Å². The molecule has 0 unspecified atom stereocenters. The number of carbonyl (C=O) groups is 2. The van der Waals surface area contributed by atoms with Crippen LogP contribution in [0.3, 0.4) is 0 Å². The number of carbonyl (C=O) groups excluding carboxylic acids is 1. The lowest BCUT2D eigenvalue weighted by atomic mass is 10.1. The summed E-state index contributed by atoms with van der Waals surface area (Å²) in [7, 11) is 2.92. The van der Waals surface area contributed by atoms with Gasteiger partial charge in [0.25, 0.3) is 0 Å². The molecule has 0 aromatic carbocycles. The first kappa shape index (κ1) is 20.8. The van der Waals surface area contributed by atoms with Gasteiger partial charge in [-0.25, -0.2) is 9.59 Å². The van der Waals surface area contributed by atoms with Crippen LogP contribution in [0.15, 0.2) is 11.0 Å². The number of hydrogen-bond acceptors (Lipinski definition) is 6. The van der Waals surface area contributed by atoms with E-state index in [1.165, 1.54) is 18.2 Å². The smallest absolute Gasteiger partial charge is 0.410 e. The lowest BCUT2D eigenvalue weighted by Crippen LogP contribution is -2.45. The summed E-state index contributed by atoms with van der Waals surface area (Å²) in [5.74, 6) is -1.39. The van der Waals surface area contributed by atoms with E-state index < -0.39 is 40.7 Å². The number of hydrogen-bond donors (Lipinski definition) is 1. The van der Waals surface area contributed by atoms with Crippen LogP contribution < -0.4 is 10.2 Å². The van der Waals surface area contributed by atoms with Gasteiger partial charge in [-0.3, -0.25) is 4.79 Å². The third kappa shape index (κ3) is 4.24. The second kappa shape index (κ2) is 7.59. The molecule has 1 saturated heterocycles. The Morgan fingerprint density at radius 2 is 1.96 bits per heavy atom. The fourth-order valence-electron chi connectivity index (χ4n) is 3.07. The zero-order chi connectivity index (χ0) is 20.5. The maximum atomic E-state index is 12.4. The van der Waals surface area contributed by atoms with Gasteiger partial charge in [-0.1, -0.05) is 0 Å². The van der Waals surface area contributed by atoms with Gasteiger partial charge >= 0.3 is 12.1 Å². The number of ether oxygens (including phenoxy) is 3. The molecule has 9 heteroatoms. The Labute approximate surface area is 157 Å². The molecule has 0 aliphatic carbocycles. The first-order valence-electron chi connectivity index (χ1n) is 8.54. The molecule has 0 spiro atoms. The minimum atomic E-state index is -1.34. The Balaban J connectivity index is 2.44. The number of rotatable bonds is 4. The summed E-state index contributed by atoms with van der Waals surface area (Å²) in [6, 6.07) is -0.789. The van der Waals surface area contributed by atoms with E-state index in [1.807, 2.05) is 0 Å². The summed E-state index contributed by atoms with van der Waals surface area (Å²) in [5.41, 5.74) is -1.27. The van der Waals surface area contributed by atoms with Crippen LogP contribution in [-0.4, -0.2) is 65.7 Å². The van der Waals surface area contributed by atoms with Crippen LogP contribution >= 0.6 is 0 Å². The van der Waals surface area contributed by atoms with Gasteiger partial charge < -0.3 is 28.8 Å². The van der Waals surface area contributed by atoms with E-state index in [9.17, 15) is 19.5 Å². The third-order valence-electron chi connectivity index (χ3n) is 4.43. The van der Waals surface area contributed by atoms with Crippen LogP contribution in [-0.2, 0) is 9.47 Å².